The van der Waals surface area contributed by atoms with Crippen molar-refractivity contribution in [2.45, 2.75) is 43.5 Å². The molecule has 21 heavy (non-hydrogen) atoms. The van der Waals surface area contributed by atoms with Crippen LogP contribution in [0.2, 0.25) is 0 Å². The molecular weight excluding hydrogens is 350 g/mol. The van der Waals surface area contributed by atoms with Crippen molar-refractivity contribution >= 4 is 33.7 Å². The van der Waals surface area contributed by atoms with Crippen LogP contribution < -0.4 is 5.32 Å². The summed E-state index contributed by atoms with van der Waals surface area (Å²) in [6, 6.07) is 8.19. The van der Waals surface area contributed by atoms with Gasteiger partial charge in [-0.3, -0.25) is 4.79 Å². The van der Waals surface area contributed by atoms with Crippen molar-refractivity contribution < 1.29 is 9.53 Å². The fourth-order valence-corrected chi connectivity index (χ4v) is 3.58. The lowest BCUT2D eigenvalue weighted by Crippen LogP contribution is -2.50. The number of halogens is 1. The molecule has 0 aliphatic carbocycles. The average molecular weight is 374 g/mol. The van der Waals surface area contributed by atoms with Crippen LogP contribution in [0.1, 0.15) is 33.1 Å². The molecule has 0 aliphatic rings. The van der Waals surface area contributed by atoms with E-state index in [0.717, 1.165) is 36.0 Å². The van der Waals surface area contributed by atoms with Crippen molar-refractivity contribution in [3.8, 4) is 0 Å². The molecule has 0 heterocycles. The summed E-state index contributed by atoms with van der Waals surface area (Å²) in [6.07, 6.45) is 2.73. The van der Waals surface area contributed by atoms with E-state index in [-0.39, 0.29) is 5.97 Å². The van der Waals surface area contributed by atoms with E-state index in [1.807, 2.05) is 25.1 Å². The van der Waals surface area contributed by atoms with Crippen molar-refractivity contribution in [1.82, 2.24) is 5.32 Å². The molecule has 1 aromatic rings. The van der Waals surface area contributed by atoms with Crippen LogP contribution in [-0.2, 0) is 9.53 Å². The highest BCUT2D eigenvalue weighted by Crippen LogP contribution is 2.28. The standard InChI is InChI=1S/C16H24BrNO2S/c1-4-11-18-16(2,15(19)20-3)10-7-12-21-14-9-6-5-8-13(14)17/h5-6,8-9,18H,4,7,10-12H2,1-3H3. The van der Waals surface area contributed by atoms with Gasteiger partial charge in [-0.2, -0.15) is 0 Å². The molecule has 1 aromatic carbocycles. The molecule has 118 valence electrons. The lowest BCUT2D eigenvalue weighted by atomic mass is 9.96. The topological polar surface area (TPSA) is 38.3 Å². The van der Waals surface area contributed by atoms with Gasteiger partial charge in [0.15, 0.2) is 0 Å². The molecule has 3 nitrogen and oxygen atoms in total. The number of hydrogen-bond donors (Lipinski definition) is 1. The van der Waals surface area contributed by atoms with Gasteiger partial charge in [0.05, 0.1) is 7.11 Å². The Bertz CT molecular complexity index is 456. The molecule has 1 atom stereocenters. The van der Waals surface area contributed by atoms with Gasteiger partial charge in [-0.05, 0) is 66.5 Å². The van der Waals surface area contributed by atoms with Crippen molar-refractivity contribution in [1.29, 1.82) is 0 Å². The smallest absolute Gasteiger partial charge is 0.325 e. The minimum Gasteiger partial charge on any atom is -0.468 e. The Kier molecular flexibility index (Phi) is 8.37. The summed E-state index contributed by atoms with van der Waals surface area (Å²) >= 11 is 5.35. The first kappa shape index (κ1) is 18.5. The molecule has 0 radical (unpaired) electrons. The first-order valence-corrected chi connectivity index (χ1v) is 9.02. The number of benzene rings is 1. The molecule has 1 unspecified atom stereocenters. The number of rotatable bonds is 9. The summed E-state index contributed by atoms with van der Waals surface area (Å²) in [6.45, 7) is 4.84. The Morgan fingerprint density at radius 2 is 2.14 bits per heavy atom. The maximum Gasteiger partial charge on any atom is 0.325 e. The third-order valence-electron chi connectivity index (χ3n) is 3.32. The zero-order valence-corrected chi connectivity index (χ0v) is 15.4. The Labute approximate surface area is 140 Å². The largest absolute Gasteiger partial charge is 0.468 e. The summed E-state index contributed by atoms with van der Waals surface area (Å²) < 4.78 is 6.05. The number of hydrogen-bond acceptors (Lipinski definition) is 4. The second-order valence-corrected chi connectivity index (χ2v) is 7.12. The first-order chi connectivity index (χ1) is 10.0. The number of esters is 1. The van der Waals surface area contributed by atoms with Gasteiger partial charge >= 0.3 is 5.97 Å². The molecule has 0 aliphatic heterocycles. The fraction of sp³-hybridized carbons (Fsp3) is 0.562. The molecule has 0 saturated heterocycles. The van der Waals surface area contributed by atoms with Crippen LogP contribution >= 0.6 is 27.7 Å². The monoisotopic (exact) mass is 373 g/mol. The van der Waals surface area contributed by atoms with E-state index < -0.39 is 5.54 Å². The number of ether oxygens (including phenoxy) is 1. The van der Waals surface area contributed by atoms with Crippen LogP contribution in [0.5, 0.6) is 0 Å². The second kappa shape index (κ2) is 9.49. The highest BCUT2D eigenvalue weighted by molar-refractivity contribution is 9.10. The number of carbonyl (C=O) groups excluding carboxylic acids is 1. The van der Waals surface area contributed by atoms with E-state index in [1.54, 1.807) is 11.8 Å². The molecule has 0 fully saturated rings. The molecule has 1 rings (SSSR count). The van der Waals surface area contributed by atoms with Crippen LogP contribution in [-0.4, -0.2) is 30.9 Å². The van der Waals surface area contributed by atoms with E-state index in [9.17, 15) is 4.79 Å². The van der Waals surface area contributed by atoms with Crippen molar-refractivity contribution in [2.75, 3.05) is 19.4 Å². The molecule has 0 saturated carbocycles. The summed E-state index contributed by atoms with van der Waals surface area (Å²) in [5.41, 5.74) is -0.584. The third-order valence-corrected chi connectivity index (χ3v) is 5.43. The quantitative estimate of drug-likeness (QED) is 0.398. The Balaban J connectivity index is 2.46. The van der Waals surface area contributed by atoms with Crippen molar-refractivity contribution in [2.24, 2.45) is 0 Å². The molecule has 0 bridgehead atoms. The molecular formula is C16H24BrNO2S. The summed E-state index contributed by atoms with van der Waals surface area (Å²) in [4.78, 5) is 13.2. The normalized spacial score (nSPS) is 13.7. The lowest BCUT2D eigenvalue weighted by molar-refractivity contribution is -0.148. The predicted octanol–water partition coefficient (Wildman–Crippen LogP) is 4.25. The zero-order valence-electron chi connectivity index (χ0n) is 12.9. The van der Waals surface area contributed by atoms with Gasteiger partial charge in [0.1, 0.15) is 5.54 Å². The van der Waals surface area contributed by atoms with Gasteiger partial charge in [-0.1, -0.05) is 19.1 Å². The van der Waals surface area contributed by atoms with E-state index in [2.05, 4.69) is 34.2 Å². The molecule has 1 N–H and O–H groups in total. The zero-order chi connectivity index (χ0) is 15.7. The molecule has 0 spiro atoms. The SMILES string of the molecule is CCCNC(C)(CCCSc1ccccc1Br)C(=O)OC. The van der Waals surface area contributed by atoms with Gasteiger partial charge in [-0.25, -0.2) is 0 Å². The van der Waals surface area contributed by atoms with Crippen LogP contribution in [0.4, 0.5) is 0 Å². The summed E-state index contributed by atoms with van der Waals surface area (Å²) in [5.74, 6) is 0.796. The van der Waals surface area contributed by atoms with E-state index in [0.29, 0.717) is 0 Å². The highest BCUT2D eigenvalue weighted by atomic mass is 79.9. The van der Waals surface area contributed by atoms with Gasteiger partial charge in [0.2, 0.25) is 0 Å². The van der Waals surface area contributed by atoms with Crippen LogP contribution in [0, 0.1) is 0 Å². The maximum absolute atomic E-state index is 12.0. The molecule has 5 heteroatoms. The van der Waals surface area contributed by atoms with Crippen LogP contribution in [0.25, 0.3) is 0 Å². The number of methoxy groups -OCH3 is 1. The minimum absolute atomic E-state index is 0.179. The van der Waals surface area contributed by atoms with Gasteiger partial charge in [0.25, 0.3) is 0 Å². The lowest BCUT2D eigenvalue weighted by Gasteiger charge is -2.28. The Morgan fingerprint density at radius 3 is 2.76 bits per heavy atom. The fourth-order valence-electron chi connectivity index (χ4n) is 2.06. The van der Waals surface area contributed by atoms with Gasteiger partial charge in [-0.15, -0.1) is 11.8 Å². The second-order valence-electron chi connectivity index (χ2n) is 5.13. The van der Waals surface area contributed by atoms with E-state index in [1.165, 1.54) is 12.0 Å². The van der Waals surface area contributed by atoms with E-state index in [4.69, 9.17) is 4.74 Å². The number of carbonyl (C=O) groups is 1. The Morgan fingerprint density at radius 1 is 1.43 bits per heavy atom. The summed E-state index contributed by atoms with van der Waals surface area (Å²) in [5, 5.41) is 3.31. The molecule has 0 amide bonds. The van der Waals surface area contributed by atoms with Gasteiger partial charge < -0.3 is 10.1 Å². The third kappa shape index (κ3) is 6.01. The van der Waals surface area contributed by atoms with Crippen LogP contribution in [0.3, 0.4) is 0 Å². The number of nitrogens with one attached hydrogen (secondary N) is 1. The Hall–Kier alpha value is -0.520. The molecule has 0 aromatic heterocycles. The predicted molar refractivity (Wildman–Crippen MR) is 92.8 cm³/mol. The van der Waals surface area contributed by atoms with Crippen molar-refractivity contribution in [3.05, 3.63) is 28.7 Å². The highest BCUT2D eigenvalue weighted by Gasteiger charge is 2.32. The maximum atomic E-state index is 12.0. The van der Waals surface area contributed by atoms with Crippen molar-refractivity contribution in [3.63, 3.8) is 0 Å². The number of thioether (sulfide) groups is 1. The van der Waals surface area contributed by atoms with Gasteiger partial charge in [0, 0.05) is 9.37 Å². The average Bonchev–Trinajstić information content (AvgIpc) is 2.50. The first-order valence-electron chi connectivity index (χ1n) is 7.24. The van der Waals surface area contributed by atoms with Crippen LogP contribution in [0.15, 0.2) is 33.6 Å². The minimum atomic E-state index is -0.584. The summed E-state index contributed by atoms with van der Waals surface area (Å²) in [7, 11) is 1.45. The van der Waals surface area contributed by atoms with E-state index >= 15 is 0 Å².